The first kappa shape index (κ1) is 15.7. The van der Waals surface area contributed by atoms with Gasteiger partial charge in [-0.15, -0.1) is 11.3 Å². The number of aryl methyl sites for hydroxylation is 1. The van der Waals surface area contributed by atoms with Gasteiger partial charge >= 0.3 is 0 Å². The van der Waals surface area contributed by atoms with Crippen LogP contribution in [0.3, 0.4) is 0 Å². The Hall–Kier alpha value is -2.14. The SMILES string of the molecule is CCc1ccccc1NC(=O)[C@@H]1CCCN1C(=O)c1cccs1. The van der Waals surface area contributed by atoms with Gasteiger partial charge in [0, 0.05) is 12.2 Å². The lowest BCUT2D eigenvalue weighted by atomic mass is 10.1. The molecule has 1 aromatic heterocycles. The van der Waals surface area contributed by atoms with Crippen LogP contribution in [0.4, 0.5) is 5.69 Å². The van der Waals surface area contributed by atoms with Crippen LogP contribution in [0.1, 0.15) is 35.0 Å². The van der Waals surface area contributed by atoms with Gasteiger partial charge in [0.05, 0.1) is 4.88 Å². The van der Waals surface area contributed by atoms with Gasteiger partial charge in [0.15, 0.2) is 0 Å². The third-order valence-electron chi connectivity index (χ3n) is 4.20. The van der Waals surface area contributed by atoms with Gasteiger partial charge < -0.3 is 10.2 Å². The number of hydrogen-bond acceptors (Lipinski definition) is 3. The summed E-state index contributed by atoms with van der Waals surface area (Å²) in [4.78, 5) is 27.6. The van der Waals surface area contributed by atoms with Gasteiger partial charge in [0.2, 0.25) is 5.91 Å². The summed E-state index contributed by atoms with van der Waals surface area (Å²) in [7, 11) is 0. The molecule has 120 valence electrons. The van der Waals surface area contributed by atoms with Crippen LogP contribution < -0.4 is 5.32 Å². The Balaban J connectivity index is 1.74. The average Bonchev–Trinajstić information content (AvgIpc) is 3.26. The standard InChI is InChI=1S/C18H20N2O2S/c1-2-13-7-3-4-8-14(13)19-17(21)15-9-5-11-20(15)18(22)16-10-6-12-23-16/h3-4,6-8,10,12,15H,2,5,9,11H2,1H3,(H,19,21)/t15-/m0/s1. The lowest BCUT2D eigenvalue weighted by Gasteiger charge is -2.24. The fourth-order valence-corrected chi connectivity index (χ4v) is 3.67. The summed E-state index contributed by atoms with van der Waals surface area (Å²) >= 11 is 1.42. The first-order valence-corrected chi connectivity index (χ1v) is 8.82. The third-order valence-corrected chi connectivity index (χ3v) is 5.06. The average molecular weight is 328 g/mol. The molecule has 1 aliphatic rings. The van der Waals surface area contributed by atoms with Crippen LogP contribution in [0.5, 0.6) is 0 Å². The summed E-state index contributed by atoms with van der Waals surface area (Å²) in [6, 6.07) is 11.1. The van der Waals surface area contributed by atoms with Gasteiger partial charge in [-0.2, -0.15) is 0 Å². The van der Waals surface area contributed by atoms with E-state index >= 15 is 0 Å². The topological polar surface area (TPSA) is 49.4 Å². The maximum atomic E-state index is 12.7. The quantitative estimate of drug-likeness (QED) is 0.933. The molecule has 1 N–H and O–H groups in total. The van der Waals surface area contributed by atoms with Crippen molar-refractivity contribution in [2.75, 3.05) is 11.9 Å². The highest BCUT2D eigenvalue weighted by molar-refractivity contribution is 7.12. The molecule has 3 rings (SSSR count). The van der Waals surface area contributed by atoms with Crippen molar-refractivity contribution in [2.24, 2.45) is 0 Å². The zero-order valence-corrected chi connectivity index (χ0v) is 13.9. The van der Waals surface area contributed by atoms with Crippen molar-refractivity contribution in [3.8, 4) is 0 Å². The second-order valence-corrected chi connectivity index (χ2v) is 6.58. The van der Waals surface area contributed by atoms with Crippen molar-refractivity contribution >= 4 is 28.8 Å². The largest absolute Gasteiger partial charge is 0.326 e. The molecule has 2 aromatic rings. The van der Waals surface area contributed by atoms with E-state index in [1.54, 1.807) is 4.90 Å². The van der Waals surface area contributed by atoms with Gasteiger partial charge in [0.25, 0.3) is 5.91 Å². The first-order valence-electron chi connectivity index (χ1n) is 7.94. The maximum Gasteiger partial charge on any atom is 0.264 e. The van der Waals surface area contributed by atoms with Gasteiger partial charge in [-0.3, -0.25) is 9.59 Å². The van der Waals surface area contributed by atoms with Crippen LogP contribution in [0.15, 0.2) is 41.8 Å². The monoisotopic (exact) mass is 328 g/mol. The third kappa shape index (κ3) is 3.29. The smallest absolute Gasteiger partial charge is 0.264 e. The summed E-state index contributed by atoms with van der Waals surface area (Å²) in [5.74, 6) is -0.130. The molecular weight excluding hydrogens is 308 g/mol. The minimum atomic E-state index is -0.380. The summed E-state index contributed by atoms with van der Waals surface area (Å²) in [6.45, 7) is 2.71. The fraction of sp³-hybridized carbons (Fsp3) is 0.333. The van der Waals surface area contributed by atoms with E-state index in [1.807, 2.05) is 41.8 Å². The highest BCUT2D eigenvalue weighted by atomic mass is 32.1. The van der Waals surface area contributed by atoms with E-state index < -0.39 is 0 Å². The molecule has 2 amide bonds. The van der Waals surface area contributed by atoms with Crippen molar-refractivity contribution < 1.29 is 9.59 Å². The van der Waals surface area contributed by atoms with E-state index in [0.29, 0.717) is 11.4 Å². The van der Waals surface area contributed by atoms with Crippen molar-refractivity contribution in [3.05, 3.63) is 52.2 Å². The molecule has 1 fully saturated rings. The summed E-state index contributed by atoms with van der Waals surface area (Å²) < 4.78 is 0. The molecule has 0 spiro atoms. The van der Waals surface area contributed by atoms with E-state index in [1.165, 1.54) is 11.3 Å². The van der Waals surface area contributed by atoms with Crippen molar-refractivity contribution in [3.63, 3.8) is 0 Å². The van der Waals surface area contributed by atoms with E-state index in [9.17, 15) is 9.59 Å². The van der Waals surface area contributed by atoms with Crippen LogP contribution >= 0.6 is 11.3 Å². The minimum Gasteiger partial charge on any atom is -0.326 e. The van der Waals surface area contributed by atoms with Crippen molar-refractivity contribution in [2.45, 2.75) is 32.2 Å². The normalized spacial score (nSPS) is 17.3. The Morgan fingerprint density at radius 1 is 1.26 bits per heavy atom. The number of nitrogens with one attached hydrogen (secondary N) is 1. The maximum absolute atomic E-state index is 12.7. The van der Waals surface area contributed by atoms with Gasteiger partial charge in [-0.1, -0.05) is 31.2 Å². The number of anilines is 1. The van der Waals surface area contributed by atoms with Gasteiger partial charge in [-0.05, 0) is 42.3 Å². The number of likely N-dealkylation sites (tertiary alicyclic amines) is 1. The molecule has 0 unspecified atom stereocenters. The number of carbonyl (C=O) groups excluding carboxylic acids is 2. The van der Waals surface area contributed by atoms with E-state index in [-0.39, 0.29) is 17.9 Å². The lowest BCUT2D eigenvalue weighted by molar-refractivity contribution is -0.119. The number of amides is 2. The first-order chi connectivity index (χ1) is 11.2. The Kier molecular flexibility index (Phi) is 4.76. The van der Waals surface area contributed by atoms with Crippen molar-refractivity contribution in [1.82, 2.24) is 4.90 Å². The molecule has 0 radical (unpaired) electrons. The van der Waals surface area contributed by atoms with Crippen LogP contribution in [0, 0.1) is 0 Å². The molecule has 1 saturated heterocycles. The highest BCUT2D eigenvalue weighted by Crippen LogP contribution is 2.24. The van der Waals surface area contributed by atoms with E-state index in [4.69, 9.17) is 0 Å². The minimum absolute atomic E-state index is 0.0403. The lowest BCUT2D eigenvalue weighted by Crippen LogP contribution is -2.43. The number of rotatable bonds is 4. The van der Waals surface area contributed by atoms with Gasteiger partial charge in [-0.25, -0.2) is 0 Å². The molecule has 1 aromatic carbocycles. The van der Waals surface area contributed by atoms with Crippen LogP contribution in [0.2, 0.25) is 0 Å². The fourth-order valence-electron chi connectivity index (χ4n) is 2.99. The second kappa shape index (κ2) is 6.96. The predicted molar refractivity (Wildman–Crippen MR) is 92.8 cm³/mol. The Labute approximate surface area is 140 Å². The van der Waals surface area contributed by atoms with Crippen molar-refractivity contribution in [1.29, 1.82) is 0 Å². The summed E-state index contributed by atoms with van der Waals surface area (Å²) in [5.41, 5.74) is 1.95. The Morgan fingerprint density at radius 3 is 2.83 bits per heavy atom. The van der Waals surface area contributed by atoms with Crippen LogP contribution in [-0.4, -0.2) is 29.3 Å². The summed E-state index contributed by atoms with van der Waals surface area (Å²) in [5, 5.41) is 4.89. The number of nitrogens with zero attached hydrogens (tertiary/aromatic N) is 1. The zero-order chi connectivity index (χ0) is 16.2. The van der Waals surface area contributed by atoms with Crippen LogP contribution in [0.25, 0.3) is 0 Å². The molecule has 1 aliphatic heterocycles. The molecule has 2 heterocycles. The highest BCUT2D eigenvalue weighted by Gasteiger charge is 2.35. The number of carbonyl (C=O) groups is 2. The number of thiophene rings is 1. The Bertz CT molecular complexity index is 697. The molecule has 0 aliphatic carbocycles. The zero-order valence-electron chi connectivity index (χ0n) is 13.1. The molecule has 5 heteroatoms. The molecular formula is C18H20N2O2S. The molecule has 1 atom stereocenters. The molecule has 23 heavy (non-hydrogen) atoms. The van der Waals surface area contributed by atoms with E-state index in [2.05, 4.69) is 12.2 Å². The number of para-hydroxylation sites is 1. The molecule has 0 saturated carbocycles. The Morgan fingerprint density at radius 2 is 2.09 bits per heavy atom. The van der Waals surface area contributed by atoms with Gasteiger partial charge in [0.1, 0.15) is 6.04 Å². The van der Waals surface area contributed by atoms with Crippen LogP contribution in [-0.2, 0) is 11.2 Å². The number of hydrogen-bond donors (Lipinski definition) is 1. The molecule has 0 bridgehead atoms. The van der Waals surface area contributed by atoms with E-state index in [0.717, 1.165) is 30.5 Å². The predicted octanol–water partition coefficient (Wildman–Crippen LogP) is 3.55. The molecule has 4 nitrogen and oxygen atoms in total. The summed E-state index contributed by atoms with van der Waals surface area (Å²) in [6.07, 6.45) is 2.45. The second-order valence-electron chi connectivity index (χ2n) is 5.63. The number of benzene rings is 1.